The molecule has 1 N–H and O–H groups in total. The molecule has 0 aliphatic heterocycles. The lowest BCUT2D eigenvalue weighted by Gasteiger charge is -2.14. The highest BCUT2D eigenvalue weighted by atomic mass is 32.1. The van der Waals surface area contributed by atoms with Crippen molar-refractivity contribution in [2.24, 2.45) is 0 Å². The predicted molar refractivity (Wildman–Crippen MR) is 82.5 cm³/mol. The van der Waals surface area contributed by atoms with Crippen LogP contribution >= 0.6 is 11.3 Å². The van der Waals surface area contributed by atoms with Gasteiger partial charge in [-0.1, -0.05) is 6.07 Å². The first kappa shape index (κ1) is 13.1. The third-order valence-corrected chi connectivity index (χ3v) is 4.33. The molecule has 0 amide bonds. The number of aryl methyl sites for hydroxylation is 1. The van der Waals surface area contributed by atoms with Gasteiger partial charge in [0.05, 0.1) is 11.1 Å². The van der Waals surface area contributed by atoms with Crippen LogP contribution in [0.5, 0.6) is 0 Å². The van der Waals surface area contributed by atoms with E-state index in [1.54, 1.807) is 0 Å². The van der Waals surface area contributed by atoms with E-state index in [0.29, 0.717) is 4.91 Å². The van der Waals surface area contributed by atoms with Crippen LogP contribution in [0, 0.1) is 20.8 Å². The molecule has 2 radical (unpaired) electrons. The van der Waals surface area contributed by atoms with Crippen molar-refractivity contribution in [2.75, 3.05) is 0 Å². The van der Waals surface area contributed by atoms with Gasteiger partial charge in [-0.2, -0.15) is 10.2 Å². The van der Waals surface area contributed by atoms with E-state index < -0.39 is 0 Å². The maximum absolute atomic E-state index is 5.69. The molecular formula is C14H13BN4S. The first-order chi connectivity index (χ1) is 9.58. The van der Waals surface area contributed by atoms with Crippen LogP contribution in [0.1, 0.15) is 16.7 Å². The molecule has 0 unspecified atom stereocenters. The first-order valence-electron chi connectivity index (χ1n) is 6.27. The highest BCUT2D eigenvalue weighted by molar-refractivity contribution is 7.22. The van der Waals surface area contributed by atoms with E-state index in [1.165, 1.54) is 33.6 Å². The lowest BCUT2D eigenvalue weighted by atomic mass is 9.91. The number of nitrogens with one attached hydrogen (secondary N) is 1. The van der Waals surface area contributed by atoms with E-state index in [1.807, 2.05) is 12.4 Å². The molecule has 0 aliphatic rings. The van der Waals surface area contributed by atoms with E-state index in [4.69, 9.17) is 7.85 Å². The molecule has 2 aromatic heterocycles. The first-order valence-corrected chi connectivity index (χ1v) is 7.09. The van der Waals surface area contributed by atoms with Gasteiger partial charge in [0.2, 0.25) is 0 Å². The van der Waals surface area contributed by atoms with E-state index in [-0.39, 0.29) is 0 Å². The summed E-state index contributed by atoms with van der Waals surface area (Å²) >= 11 is 1.42. The minimum absolute atomic E-state index is 0.496. The summed E-state index contributed by atoms with van der Waals surface area (Å²) in [5.74, 6) is 0. The molecule has 0 saturated carbocycles. The van der Waals surface area contributed by atoms with Gasteiger partial charge in [-0.25, -0.2) is 0 Å². The molecule has 0 fully saturated rings. The van der Waals surface area contributed by atoms with E-state index in [2.05, 4.69) is 47.2 Å². The quantitative estimate of drug-likeness (QED) is 0.733. The van der Waals surface area contributed by atoms with Gasteiger partial charge in [0.15, 0.2) is 7.85 Å². The second kappa shape index (κ2) is 4.87. The van der Waals surface area contributed by atoms with Crippen molar-refractivity contribution in [2.45, 2.75) is 20.8 Å². The van der Waals surface area contributed by atoms with Crippen LogP contribution in [0.3, 0.4) is 0 Å². The van der Waals surface area contributed by atoms with Crippen molar-refractivity contribution in [3.63, 3.8) is 0 Å². The molecule has 2 heterocycles. The Morgan fingerprint density at radius 1 is 1.15 bits per heavy atom. The van der Waals surface area contributed by atoms with E-state index >= 15 is 0 Å². The Kier molecular flexibility index (Phi) is 3.18. The fraction of sp³-hybridized carbons (Fsp3) is 0.214. The van der Waals surface area contributed by atoms with Gasteiger partial charge < -0.3 is 0 Å². The average molecular weight is 280 g/mol. The molecule has 0 aliphatic carbocycles. The van der Waals surface area contributed by atoms with Gasteiger partial charge in [0, 0.05) is 17.3 Å². The van der Waals surface area contributed by atoms with E-state index in [9.17, 15) is 0 Å². The van der Waals surface area contributed by atoms with Crippen molar-refractivity contribution in [1.29, 1.82) is 0 Å². The number of H-pyrrole nitrogens is 1. The highest BCUT2D eigenvalue weighted by Gasteiger charge is 2.16. The Balaban J connectivity index is 2.22. The predicted octanol–water partition coefficient (Wildman–Crippen LogP) is 2.31. The number of benzene rings is 1. The largest absolute Gasteiger partial charge is 0.285 e. The Labute approximate surface area is 122 Å². The smallest absolute Gasteiger partial charge is 0.159 e. The second-order valence-electron chi connectivity index (χ2n) is 4.80. The zero-order chi connectivity index (χ0) is 14.3. The summed E-state index contributed by atoms with van der Waals surface area (Å²) in [4.78, 5) is 0.496. The SMILES string of the molecule is [B]c1nnc(-c2c(C)cc(-c3cn[nH]c3)c(C)c2C)s1. The molecular weight excluding hydrogens is 267 g/mol. The summed E-state index contributed by atoms with van der Waals surface area (Å²) in [6.45, 7) is 6.31. The number of nitrogens with zero attached hydrogens (tertiary/aromatic N) is 3. The molecule has 0 spiro atoms. The fourth-order valence-corrected chi connectivity index (χ4v) is 3.22. The van der Waals surface area contributed by atoms with Gasteiger partial charge in [0.25, 0.3) is 0 Å². The normalized spacial score (nSPS) is 10.9. The molecule has 1 aromatic carbocycles. The Hall–Kier alpha value is -1.95. The van der Waals surface area contributed by atoms with Gasteiger partial charge >= 0.3 is 0 Å². The van der Waals surface area contributed by atoms with Crippen LogP contribution in [-0.4, -0.2) is 28.2 Å². The highest BCUT2D eigenvalue weighted by Crippen LogP contribution is 2.35. The molecule has 0 bridgehead atoms. The Morgan fingerprint density at radius 2 is 1.95 bits per heavy atom. The molecule has 20 heavy (non-hydrogen) atoms. The fourth-order valence-electron chi connectivity index (χ4n) is 2.44. The second-order valence-corrected chi connectivity index (χ2v) is 5.81. The van der Waals surface area contributed by atoms with Crippen LogP contribution in [0.15, 0.2) is 18.5 Å². The van der Waals surface area contributed by atoms with Crippen LogP contribution in [-0.2, 0) is 0 Å². The van der Waals surface area contributed by atoms with Gasteiger partial charge in [-0.3, -0.25) is 5.10 Å². The maximum atomic E-state index is 5.69. The summed E-state index contributed by atoms with van der Waals surface area (Å²) in [6, 6.07) is 2.17. The van der Waals surface area contributed by atoms with Crippen molar-refractivity contribution >= 4 is 24.1 Å². The lowest BCUT2D eigenvalue weighted by molar-refractivity contribution is 1.09. The Bertz CT molecular complexity index is 762. The zero-order valence-electron chi connectivity index (χ0n) is 11.6. The van der Waals surface area contributed by atoms with Crippen molar-refractivity contribution < 1.29 is 0 Å². The number of hydrogen-bond donors (Lipinski definition) is 1. The number of aromatic nitrogens is 4. The molecule has 4 nitrogen and oxygen atoms in total. The van der Waals surface area contributed by atoms with Crippen molar-refractivity contribution in [1.82, 2.24) is 20.4 Å². The van der Waals surface area contributed by atoms with Gasteiger partial charge in [-0.05, 0) is 43.0 Å². The topological polar surface area (TPSA) is 54.5 Å². The molecule has 3 aromatic rings. The summed E-state index contributed by atoms with van der Waals surface area (Å²) < 4.78 is 0. The minimum Gasteiger partial charge on any atom is -0.285 e. The maximum Gasteiger partial charge on any atom is 0.159 e. The monoisotopic (exact) mass is 280 g/mol. The van der Waals surface area contributed by atoms with Crippen molar-refractivity contribution in [3.05, 3.63) is 35.2 Å². The van der Waals surface area contributed by atoms with E-state index in [0.717, 1.165) is 16.1 Å². The van der Waals surface area contributed by atoms with Gasteiger partial charge in [0.1, 0.15) is 5.01 Å². The summed E-state index contributed by atoms with van der Waals surface area (Å²) in [6.07, 6.45) is 3.74. The molecule has 0 atom stereocenters. The van der Waals surface area contributed by atoms with Crippen LogP contribution in [0.25, 0.3) is 21.7 Å². The number of hydrogen-bond acceptors (Lipinski definition) is 4. The minimum atomic E-state index is 0.496. The molecule has 98 valence electrons. The van der Waals surface area contributed by atoms with Crippen LogP contribution in [0.2, 0.25) is 0 Å². The molecule has 0 saturated heterocycles. The van der Waals surface area contributed by atoms with Crippen LogP contribution < -0.4 is 4.91 Å². The van der Waals surface area contributed by atoms with Crippen LogP contribution in [0.4, 0.5) is 0 Å². The lowest BCUT2D eigenvalue weighted by Crippen LogP contribution is -1.97. The molecule has 6 heteroatoms. The average Bonchev–Trinajstić information content (AvgIpc) is 3.06. The van der Waals surface area contributed by atoms with Gasteiger partial charge in [-0.15, -0.1) is 16.4 Å². The summed E-state index contributed by atoms with van der Waals surface area (Å²) in [5.41, 5.74) is 7.01. The number of aromatic amines is 1. The standard InChI is InChI=1S/C14H13BN4S/c1-7-4-11(10-5-16-17-6-10)8(2)9(3)12(7)13-18-19-14(15)20-13/h4-6H,1-3H3,(H,16,17). The third-order valence-electron chi connectivity index (χ3n) is 3.56. The number of rotatable bonds is 2. The summed E-state index contributed by atoms with van der Waals surface area (Å²) in [7, 11) is 5.69. The summed E-state index contributed by atoms with van der Waals surface area (Å²) in [5, 5.41) is 15.8. The third kappa shape index (κ3) is 2.06. The van der Waals surface area contributed by atoms with Crippen molar-refractivity contribution in [3.8, 4) is 21.7 Å². The zero-order valence-corrected chi connectivity index (χ0v) is 12.4. The molecule has 3 rings (SSSR count). The Morgan fingerprint density at radius 3 is 2.55 bits per heavy atom.